The Morgan fingerprint density at radius 2 is 0.969 bits per heavy atom. The van der Waals surface area contributed by atoms with Gasteiger partial charge in [-0.15, -0.1) is 79.4 Å². The SMILES string of the molecule is [C-]#[N+]/C(C#N)=C1\C(=C\c2cc(OC)c(-c3cc4c(s3)-c3sc(-c5c6nsnc6c(-c6cc7c(s6)-c6sc(-c8sc(/C=C9\C(=O)c%10cc(F)c(F)cc%10\C9=C(\C#N)[N+]#[C-])cc8OC)cc6C(C)(C)O7)c6nc7c(nc56)sc5ccccc57)cc3C(C)(C)O4)s2)C(=O)c2cc(F)c(F)cc21. The van der Waals surface area contributed by atoms with Gasteiger partial charge in [0.2, 0.25) is 0 Å². The van der Waals surface area contributed by atoms with Crippen molar-refractivity contribution in [1.82, 2.24) is 18.7 Å². The maximum atomic E-state index is 14.7. The van der Waals surface area contributed by atoms with E-state index < -0.39 is 57.4 Å². The average molecular weight is 1440 g/mol. The molecule has 2 aliphatic heterocycles. The number of benzene rings is 4. The molecule has 474 valence electrons. The molecule has 0 atom stereocenters. The molecule has 26 heteroatoms. The van der Waals surface area contributed by atoms with Gasteiger partial charge < -0.3 is 18.9 Å². The van der Waals surface area contributed by atoms with E-state index in [0.717, 1.165) is 123 Å². The van der Waals surface area contributed by atoms with Crippen LogP contribution >= 0.6 is 91.1 Å². The van der Waals surface area contributed by atoms with E-state index in [9.17, 15) is 37.7 Å². The zero-order valence-corrected chi connectivity index (χ0v) is 57.6. The van der Waals surface area contributed by atoms with E-state index in [4.69, 9.17) is 50.8 Å². The van der Waals surface area contributed by atoms with Crippen LogP contribution in [0.5, 0.6) is 23.0 Å². The molecule has 4 aliphatic rings. The molecular formula is C72H34F4N8O6S8. The molecule has 2 aliphatic carbocycles. The summed E-state index contributed by atoms with van der Waals surface area (Å²) < 4.78 is 95.5. The predicted molar refractivity (Wildman–Crippen MR) is 379 cm³/mol. The predicted octanol–water partition coefficient (Wildman–Crippen LogP) is 21.1. The lowest BCUT2D eigenvalue weighted by Crippen LogP contribution is -2.27. The van der Waals surface area contributed by atoms with Crippen molar-refractivity contribution < 1.29 is 46.1 Å². The number of ether oxygens (including phenoxy) is 4. The molecule has 0 bridgehead atoms. The van der Waals surface area contributed by atoms with Crippen LogP contribution in [-0.2, 0) is 11.2 Å². The Bertz CT molecular complexity index is 6200. The monoisotopic (exact) mass is 1440 g/mol. The van der Waals surface area contributed by atoms with Gasteiger partial charge in [0.15, 0.2) is 34.8 Å². The molecule has 0 spiro atoms. The van der Waals surface area contributed by atoms with E-state index in [1.807, 2.05) is 70.2 Å². The summed E-state index contributed by atoms with van der Waals surface area (Å²) in [6.07, 6.45) is 3.05. The van der Waals surface area contributed by atoms with E-state index in [1.165, 1.54) is 71.7 Å². The summed E-state index contributed by atoms with van der Waals surface area (Å²) in [6.45, 7) is 23.5. The highest BCUT2D eigenvalue weighted by atomic mass is 32.1. The number of Topliss-reactive ketones (excluding diaryl/α,β-unsaturated/α-hetero) is 2. The Labute approximate surface area is 584 Å². The van der Waals surface area contributed by atoms with Crippen LogP contribution in [0.15, 0.2) is 107 Å². The highest BCUT2D eigenvalue weighted by molar-refractivity contribution is 7.29. The summed E-state index contributed by atoms with van der Waals surface area (Å²) in [7, 11) is 3.07. The molecule has 0 N–H and O–H groups in total. The van der Waals surface area contributed by atoms with Gasteiger partial charge in [-0.05, 0) is 112 Å². The number of methoxy groups -OCH3 is 2. The summed E-state index contributed by atoms with van der Waals surface area (Å²) in [4.78, 5) is 55.9. The minimum Gasteiger partial charge on any atom is -0.495 e. The third-order valence-corrected chi connectivity index (χ3v) is 26.4. The molecule has 0 unspecified atom stereocenters. The number of fused-ring (bicyclic) bond motifs is 13. The van der Waals surface area contributed by atoms with Crippen LogP contribution in [0, 0.1) is 59.1 Å². The fraction of sp³-hybridized carbons (Fsp3) is 0.111. The van der Waals surface area contributed by atoms with E-state index in [0.29, 0.717) is 59.7 Å². The fourth-order valence-corrected chi connectivity index (χ4v) is 22.2. The molecule has 0 saturated heterocycles. The number of halogens is 4. The van der Waals surface area contributed by atoms with Crippen molar-refractivity contribution in [1.29, 1.82) is 10.5 Å². The Hall–Kier alpha value is -10.4. The maximum absolute atomic E-state index is 14.7. The lowest BCUT2D eigenvalue weighted by molar-refractivity contribution is 0.103. The lowest BCUT2D eigenvalue weighted by atomic mass is 9.94. The summed E-state index contributed by atoms with van der Waals surface area (Å²) in [5, 5.41) is 20.9. The smallest absolute Gasteiger partial charge is 0.270 e. The van der Waals surface area contributed by atoms with Gasteiger partial charge in [-0.2, -0.15) is 8.75 Å². The first kappa shape index (κ1) is 61.2. The van der Waals surface area contributed by atoms with Crippen LogP contribution in [0.25, 0.3) is 135 Å². The molecule has 0 fully saturated rings. The summed E-state index contributed by atoms with van der Waals surface area (Å²) in [5.74, 6) is -3.93. The highest BCUT2D eigenvalue weighted by Gasteiger charge is 2.42. The van der Waals surface area contributed by atoms with E-state index >= 15 is 0 Å². The summed E-state index contributed by atoms with van der Waals surface area (Å²) >= 11 is 11.4. The highest BCUT2D eigenvalue weighted by Crippen LogP contribution is 2.61. The van der Waals surface area contributed by atoms with Gasteiger partial charge in [0, 0.05) is 96.2 Å². The quantitative estimate of drug-likeness (QED) is 0.0609. The maximum Gasteiger partial charge on any atom is 0.270 e. The van der Waals surface area contributed by atoms with Crippen molar-refractivity contribution in [2.45, 2.75) is 38.9 Å². The zero-order chi connectivity index (χ0) is 67.9. The second kappa shape index (κ2) is 22.1. The number of rotatable bonds is 8. The molecule has 9 aromatic heterocycles. The Morgan fingerprint density at radius 3 is 1.48 bits per heavy atom. The van der Waals surface area contributed by atoms with Crippen molar-refractivity contribution >= 4 is 168 Å². The Balaban J connectivity index is 0.779. The average Bonchev–Trinajstić information content (AvgIpc) is 1.50. The molecule has 98 heavy (non-hydrogen) atoms. The van der Waals surface area contributed by atoms with Crippen molar-refractivity contribution in [3.8, 4) is 95.0 Å². The van der Waals surface area contributed by atoms with Crippen LogP contribution in [-0.4, -0.2) is 44.5 Å². The number of nitrogens with zero attached hydrogens (tertiary/aromatic N) is 8. The molecule has 0 saturated carbocycles. The van der Waals surface area contributed by atoms with Gasteiger partial charge in [-0.25, -0.2) is 47.7 Å². The van der Waals surface area contributed by atoms with E-state index in [1.54, 1.807) is 46.1 Å². The molecule has 17 rings (SSSR count). The first-order chi connectivity index (χ1) is 47.2. The summed E-state index contributed by atoms with van der Waals surface area (Å²) in [6, 6.07) is 26.7. The number of thiophene rings is 7. The van der Waals surface area contributed by atoms with Crippen molar-refractivity contribution in [3.05, 3.63) is 197 Å². The standard InChI is InChI=1S/C72H34F4N8O6S8/c1-71(2)36-21-49(93-64(36)69-47(90-71)24-52(96-69)67-45(88-8)16-28(92-67)14-35-54(43(26-78)80-6)31-18-39(74)41(76)20-33(31)63(35)86)55-59-58(81-57-29-11-9-10-12-48(29)97-70(57)82-59)56(61-60(55)83-98-84-61)50-23-46-68(94-50)65-37(72(3,4)89-46)22-51(95-65)66-44(87-7)15-27(91-66)13-34-53(42(25-77)79-5)30-17-38(73)40(75)19-32(30)62(34)85/h9-24H,1-4,7-8H3/b34-13-,35-14-,53-42+,54-43-. The molecule has 0 radical (unpaired) electrons. The van der Waals surface area contributed by atoms with Gasteiger partial charge in [-0.1, -0.05) is 18.2 Å². The Kier molecular flexibility index (Phi) is 13.8. The largest absolute Gasteiger partial charge is 0.495 e. The second-order valence-corrected chi connectivity index (χ2v) is 31.7. The van der Waals surface area contributed by atoms with Crippen LogP contribution in [0.3, 0.4) is 0 Å². The van der Waals surface area contributed by atoms with Gasteiger partial charge in [0.1, 0.15) is 66.6 Å². The molecular weight excluding hydrogens is 1410 g/mol. The van der Waals surface area contributed by atoms with Crippen LogP contribution < -0.4 is 18.9 Å². The van der Waals surface area contributed by atoms with Gasteiger partial charge >= 0.3 is 0 Å². The molecule has 14 nitrogen and oxygen atoms in total. The number of carbonyl (C=O) groups is 2. The Morgan fingerprint density at radius 1 is 0.531 bits per heavy atom. The number of hydrogen-bond acceptors (Lipinski definition) is 20. The third kappa shape index (κ3) is 9.03. The number of carbonyl (C=O) groups excluding carboxylic acids is 2. The lowest BCUT2D eigenvalue weighted by Gasteiger charge is -2.31. The van der Waals surface area contributed by atoms with Crippen LogP contribution in [0.2, 0.25) is 0 Å². The number of hydrogen-bond donors (Lipinski definition) is 0. The third-order valence-electron chi connectivity index (χ3n) is 17.4. The van der Waals surface area contributed by atoms with Gasteiger partial charge in [-0.3, -0.25) is 9.59 Å². The normalized spacial score (nSPS) is 16.5. The number of allylic oxidation sites excluding steroid dienone is 6. The summed E-state index contributed by atoms with van der Waals surface area (Å²) in [5.41, 5.74) is 3.40. The number of ketones is 2. The first-order valence-electron chi connectivity index (χ1n) is 29.4. The molecule has 13 aromatic rings. The van der Waals surface area contributed by atoms with E-state index in [2.05, 4.69) is 27.9 Å². The van der Waals surface area contributed by atoms with Crippen LogP contribution in [0.1, 0.15) is 80.4 Å². The zero-order valence-electron chi connectivity index (χ0n) is 51.0. The van der Waals surface area contributed by atoms with Crippen LogP contribution in [0.4, 0.5) is 17.6 Å². The van der Waals surface area contributed by atoms with Crippen molar-refractivity contribution in [2.24, 2.45) is 0 Å². The van der Waals surface area contributed by atoms with Crippen molar-refractivity contribution in [2.75, 3.05) is 14.2 Å². The fourth-order valence-electron chi connectivity index (χ4n) is 13.0. The molecule has 11 heterocycles. The minimum atomic E-state index is -1.23. The van der Waals surface area contributed by atoms with E-state index in [-0.39, 0.29) is 44.5 Å². The van der Waals surface area contributed by atoms with Crippen molar-refractivity contribution in [3.63, 3.8) is 0 Å². The van der Waals surface area contributed by atoms with Gasteiger partial charge in [0.25, 0.3) is 11.4 Å². The topological polar surface area (TPSA) is 179 Å². The first-order valence-corrected chi connectivity index (χ1v) is 35.8. The number of aromatic nitrogens is 4. The second-order valence-electron chi connectivity index (χ2n) is 23.8. The number of nitriles is 2. The minimum absolute atomic E-state index is 0.0320. The molecule has 0 amide bonds. The van der Waals surface area contributed by atoms with Gasteiger partial charge in [0.05, 0.1) is 85.4 Å². The molecule has 4 aromatic carbocycles.